The van der Waals surface area contributed by atoms with Gasteiger partial charge >= 0.3 is 11.9 Å². The summed E-state index contributed by atoms with van der Waals surface area (Å²) in [6.45, 7) is 3.96. The van der Waals surface area contributed by atoms with E-state index in [0.717, 1.165) is 99.1 Å². The van der Waals surface area contributed by atoms with Gasteiger partial charge in [-0.1, -0.05) is 99.0 Å². The lowest BCUT2D eigenvalue weighted by atomic mass is 9.88. The van der Waals surface area contributed by atoms with Gasteiger partial charge < -0.3 is 128 Å². The lowest BCUT2D eigenvalue weighted by Crippen LogP contribution is -2.64. The topological polar surface area (TPSA) is 507 Å². The maximum absolute atomic E-state index is 16.5. The Balaban J connectivity index is 1.04. The molecule has 7 aliphatic rings. The van der Waals surface area contributed by atoms with Gasteiger partial charge in [0.1, 0.15) is 94.8 Å². The fourth-order valence-electron chi connectivity index (χ4n) is 14.8. The Labute approximate surface area is 674 Å². The fraction of sp³-hybridized carbons (Fsp3) is 0.383. The van der Waals surface area contributed by atoms with Crippen LogP contribution in [0.1, 0.15) is 146 Å². The number of phenolic OH excluding ortho intramolecular Hbond substituents is 5. The molecule has 0 unspecified atom stereocenters. The van der Waals surface area contributed by atoms with Crippen molar-refractivity contribution in [1.29, 1.82) is 0 Å². The third-order valence-electron chi connectivity index (χ3n) is 21.2. The SMILES string of the molecule is CCCCCCCCCC[N+](C)(C)CCCNCc1c(O)cc2c(c1O)-c1cc(ccc1O)[C@H]1NC(=O)[C@@H]3NC(=O)[C@H]4NC(=O)[C@@H](Cc5ccc(cc5)Oc5cc3cc(c5O[C@@H]3O[C@H](C(=O)O)[C@@H](O)[C@H](O)[C@H]3N)Oc3ccc(cc3Cl)[C@@H](O)[C@H](NC1=O)C(=O)N[C@@H]2C(=O)O)NC(=O)[C@H](NC)c1ccc(O)c(c1)Oc1cc(O)c(Cl)c4c1. The van der Waals surface area contributed by atoms with Crippen molar-refractivity contribution in [2.75, 3.05) is 40.8 Å². The van der Waals surface area contributed by atoms with Crippen LogP contribution in [0.2, 0.25) is 10.0 Å². The summed E-state index contributed by atoms with van der Waals surface area (Å²) in [4.78, 5) is 120. The number of carbonyl (C=O) groups is 8. The highest BCUT2D eigenvalue weighted by Crippen LogP contribution is 2.50. The summed E-state index contributed by atoms with van der Waals surface area (Å²) in [6.07, 6.45) is -1.11. The number of rotatable bonds is 20. The number of aromatic hydroxyl groups is 5. The summed E-state index contributed by atoms with van der Waals surface area (Å²) in [5, 5.41) is 136. The highest BCUT2D eigenvalue weighted by molar-refractivity contribution is 6.33. The number of carbonyl (C=O) groups excluding carboxylic acids is 6. The molecule has 7 aliphatic heterocycles. The number of benzene rings is 7. The predicted octanol–water partition coefficient (Wildman–Crippen LogP) is 6.47. The number of hydrogen-bond acceptors (Lipinski definition) is 24. The Morgan fingerprint density at radius 3 is 1.88 bits per heavy atom. The second-order valence-electron chi connectivity index (χ2n) is 29.9. The number of amides is 6. The first-order chi connectivity index (χ1) is 55.3. The number of aliphatic hydroxyl groups excluding tert-OH is 3. The van der Waals surface area contributed by atoms with E-state index in [-0.39, 0.29) is 58.2 Å². The molecular formula is C81H91Cl2N10O23+. The van der Waals surface area contributed by atoms with E-state index in [4.69, 9.17) is 52.6 Å². The van der Waals surface area contributed by atoms with Crippen LogP contribution in [0.15, 0.2) is 109 Å². The number of ether oxygens (including phenoxy) is 5. The molecular weight excluding hydrogens is 1550 g/mol. The zero-order valence-electron chi connectivity index (χ0n) is 63.4. The van der Waals surface area contributed by atoms with Gasteiger partial charge in [-0.05, 0) is 121 Å². The molecule has 7 aromatic carbocycles. The van der Waals surface area contributed by atoms with Crippen molar-refractivity contribution in [2.24, 2.45) is 5.73 Å². The van der Waals surface area contributed by atoms with Crippen LogP contribution in [0.4, 0.5) is 0 Å². The minimum atomic E-state index is -2.36. The third kappa shape index (κ3) is 18.5. The van der Waals surface area contributed by atoms with Gasteiger partial charge in [0.05, 0.1) is 48.8 Å². The first-order valence-electron chi connectivity index (χ1n) is 37.8. The van der Waals surface area contributed by atoms with Crippen molar-refractivity contribution in [2.45, 2.75) is 157 Å². The molecule has 0 saturated carbocycles. The second-order valence-corrected chi connectivity index (χ2v) is 30.7. The number of hydrogen-bond donors (Lipinski definition) is 19. The van der Waals surface area contributed by atoms with Gasteiger partial charge in [-0.15, -0.1) is 0 Å². The smallest absolute Gasteiger partial charge is 0.335 e. The van der Waals surface area contributed by atoms with E-state index in [1.807, 2.05) is 0 Å². The van der Waals surface area contributed by atoms with Crippen molar-refractivity contribution < 1.29 is 118 Å². The number of aliphatic carboxylic acids is 2. The first-order valence-corrected chi connectivity index (χ1v) is 38.5. The molecule has 7 aromatic rings. The lowest BCUT2D eigenvalue weighted by molar-refractivity contribution is -0.890. The Morgan fingerprint density at radius 2 is 1.19 bits per heavy atom. The largest absolute Gasteiger partial charge is 0.507 e. The standard InChI is InChI=1S/C81H90Cl2N10O23/c1-5-6-7-8-9-10-11-12-25-93(3,4)26-13-24-86-36-47-52(96)35-45-58(68(47)99)44-28-38(16-21-50(44)94)62-75(104)92-66(78(107)91-65(45)79(108)109)67(98)40-18-23-54(48(82)29-40)114-57-32-41-31-56(71(57)115-81-60(84)69(100)70(101)72(116-81)80(110)111)112-42-19-14-37(15-20-42)27-49-73(102)90-64(77(106)89-63(41)76(105)88-62)46-33-43(34-53(97)59(46)83)113-55-30-39(17-22-51(55)95)61(85-2)74(103)87-49/h14-23,28-35,49,60-67,69-70,72,81,85-86,98,100-101H,5-13,24-27,36,84H2,1-4H3,(H12-,87,88,89,90,91,92,94,95,96,97,99,102,103,104,105,106,107,108,109,110,111)/p+1/t49-,60-,61-,62-,63-,64+,65+,66+,67-,69-,70+,72+,81-/m1/s1. The van der Waals surface area contributed by atoms with Gasteiger partial charge in [-0.25, -0.2) is 9.59 Å². The van der Waals surface area contributed by atoms with Gasteiger partial charge in [-0.3, -0.25) is 28.8 Å². The van der Waals surface area contributed by atoms with Gasteiger partial charge in [0.15, 0.2) is 35.1 Å². The van der Waals surface area contributed by atoms with E-state index in [1.165, 1.54) is 81.6 Å². The van der Waals surface area contributed by atoms with E-state index in [0.29, 0.717) is 23.0 Å². The molecule has 17 bridgehead atoms. The van der Waals surface area contributed by atoms with E-state index in [2.05, 4.69) is 63.6 Å². The van der Waals surface area contributed by atoms with Gasteiger partial charge in [0.2, 0.25) is 47.5 Å². The van der Waals surface area contributed by atoms with Crippen molar-refractivity contribution in [3.8, 4) is 80.1 Å². The third-order valence-corrected chi connectivity index (χ3v) is 21.9. The Hall–Kier alpha value is -11.2. The average molecular weight is 1640 g/mol. The number of phenols is 5. The number of nitrogens with two attached hydrogens (primary N) is 1. The quantitative estimate of drug-likeness (QED) is 0.0287. The van der Waals surface area contributed by atoms with Crippen molar-refractivity contribution in [3.63, 3.8) is 0 Å². The van der Waals surface area contributed by atoms with Crippen LogP contribution in [-0.4, -0.2) is 186 Å². The van der Waals surface area contributed by atoms with E-state index in [1.54, 1.807) is 0 Å². The van der Waals surface area contributed by atoms with Gasteiger partial charge in [0.25, 0.3) is 0 Å². The minimum absolute atomic E-state index is 0.0922. The van der Waals surface area contributed by atoms with Crippen LogP contribution in [0, 0.1) is 0 Å². The Morgan fingerprint density at radius 1 is 0.569 bits per heavy atom. The zero-order chi connectivity index (χ0) is 83.3. The molecule has 116 heavy (non-hydrogen) atoms. The van der Waals surface area contributed by atoms with Crippen LogP contribution >= 0.6 is 23.2 Å². The molecule has 35 heteroatoms. The number of nitrogens with zero attached hydrogens (tertiary/aromatic N) is 1. The second kappa shape index (κ2) is 35.9. The number of carboxylic acid groups (broad SMARTS) is 2. The monoisotopic (exact) mass is 1640 g/mol. The molecule has 7 heterocycles. The highest BCUT2D eigenvalue weighted by Gasteiger charge is 2.49. The minimum Gasteiger partial charge on any atom is -0.507 e. The summed E-state index contributed by atoms with van der Waals surface area (Å²) in [5.74, 6) is -17.4. The van der Waals surface area contributed by atoms with Crippen LogP contribution in [0.5, 0.6) is 69.0 Å². The number of aliphatic hydroxyl groups is 3. The van der Waals surface area contributed by atoms with E-state index in [9.17, 15) is 65.4 Å². The lowest BCUT2D eigenvalue weighted by Gasteiger charge is -2.39. The predicted molar refractivity (Wildman–Crippen MR) is 416 cm³/mol. The summed E-state index contributed by atoms with van der Waals surface area (Å²) in [5.41, 5.74) is 3.76. The normalized spacial score (nSPS) is 23.4. The molecule has 33 nitrogen and oxygen atoms in total. The maximum Gasteiger partial charge on any atom is 0.335 e. The molecule has 0 aliphatic carbocycles. The molecule has 1 fully saturated rings. The van der Waals surface area contributed by atoms with Crippen molar-refractivity contribution >= 4 is 70.6 Å². The van der Waals surface area contributed by atoms with Crippen LogP contribution in [-0.2, 0) is 56.1 Å². The molecule has 13 atom stereocenters. The van der Waals surface area contributed by atoms with Crippen molar-refractivity contribution in [3.05, 3.63) is 164 Å². The molecule has 14 rings (SSSR count). The summed E-state index contributed by atoms with van der Waals surface area (Å²) >= 11 is 14.1. The van der Waals surface area contributed by atoms with E-state index >= 15 is 24.0 Å². The molecule has 0 spiro atoms. The summed E-state index contributed by atoms with van der Waals surface area (Å²) < 4.78 is 32.2. The molecule has 0 radical (unpaired) electrons. The van der Waals surface area contributed by atoms with Crippen LogP contribution < -0.4 is 67.2 Å². The number of likely N-dealkylation sites (N-methyl/N-ethyl adjacent to an activating group) is 1. The van der Waals surface area contributed by atoms with E-state index < -0.39 is 210 Å². The molecule has 616 valence electrons. The van der Waals surface area contributed by atoms with Crippen LogP contribution in [0.25, 0.3) is 11.1 Å². The fourth-order valence-corrected chi connectivity index (χ4v) is 15.2. The van der Waals surface area contributed by atoms with Gasteiger partial charge in [0, 0.05) is 54.3 Å². The molecule has 1 saturated heterocycles. The zero-order valence-corrected chi connectivity index (χ0v) is 64.9. The number of carboxylic acids is 2. The van der Waals surface area contributed by atoms with Gasteiger partial charge in [-0.2, -0.15) is 0 Å². The maximum atomic E-state index is 16.5. The number of halogens is 2. The number of nitrogens with one attached hydrogen (secondary N) is 8. The summed E-state index contributed by atoms with van der Waals surface area (Å²) in [6, 6.07) is 5.36. The number of fused-ring (bicyclic) bond motifs is 14. The first kappa shape index (κ1) is 84.2. The average Bonchev–Trinajstić information content (AvgIpc) is 0.765. The Kier molecular flexibility index (Phi) is 26.0. The number of unbranched alkanes of at least 4 members (excludes halogenated alkanes) is 7. The number of quaternary nitrogens is 1. The van der Waals surface area contributed by atoms with Crippen molar-refractivity contribution in [1.82, 2.24) is 42.5 Å². The highest BCUT2D eigenvalue weighted by atomic mass is 35.5. The summed E-state index contributed by atoms with van der Waals surface area (Å²) in [7, 11) is 5.70. The Bertz CT molecular complexity index is 4940. The molecule has 0 aromatic heterocycles. The molecule has 6 amide bonds. The molecule has 20 N–H and O–H groups in total. The van der Waals surface area contributed by atoms with Crippen LogP contribution in [0.3, 0.4) is 0 Å².